The highest BCUT2D eigenvalue weighted by Crippen LogP contribution is 2.12. The smallest absolute Gasteiger partial charge is 0.181 e. The minimum absolute atomic E-state index is 0.236. The molecule has 0 atom stereocenters. The summed E-state index contributed by atoms with van der Waals surface area (Å²) in [6.07, 6.45) is 1.56. The lowest BCUT2D eigenvalue weighted by molar-refractivity contribution is 0.621. The van der Waals surface area contributed by atoms with Gasteiger partial charge in [0.2, 0.25) is 0 Å². The summed E-state index contributed by atoms with van der Waals surface area (Å²) in [6, 6.07) is 6.87. The minimum atomic E-state index is -0.356. The van der Waals surface area contributed by atoms with Crippen molar-refractivity contribution in [2.45, 2.75) is 13.8 Å². The van der Waals surface area contributed by atoms with E-state index in [0.717, 1.165) is 11.4 Å². The van der Waals surface area contributed by atoms with Gasteiger partial charge < -0.3 is 0 Å². The van der Waals surface area contributed by atoms with Crippen LogP contribution in [0.4, 0.5) is 10.2 Å². The predicted molar refractivity (Wildman–Crippen MR) is 57.1 cm³/mol. The molecule has 0 unspecified atom stereocenters. The van der Waals surface area contributed by atoms with E-state index < -0.39 is 0 Å². The van der Waals surface area contributed by atoms with Crippen molar-refractivity contribution in [3.63, 3.8) is 0 Å². The van der Waals surface area contributed by atoms with E-state index in [2.05, 4.69) is 10.4 Å². The number of aryl methyl sites for hydroxylation is 2. The molecule has 2 heterocycles. The normalized spacial score (nSPS) is 10.3. The van der Waals surface area contributed by atoms with E-state index in [4.69, 9.17) is 0 Å². The van der Waals surface area contributed by atoms with E-state index >= 15 is 0 Å². The first-order chi connectivity index (χ1) is 7.18. The first kappa shape index (κ1) is 9.71. The maximum atomic E-state index is 13.3. The van der Waals surface area contributed by atoms with Gasteiger partial charge in [-0.25, -0.2) is 9.37 Å². The van der Waals surface area contributed by atoms with Crippen molar-refractivity contribution >= 4 is 5.82 Å². The number of pyridine rings is 1. The monoisotopic (exact) mass is 205 g/mol. The molecule has 0 saturated heterocycles. The third-order valence-electron chi connectivity index (χ3n) is 2.25. The predicted octanol–water partition coefficient (Wildman–Crippen LogP) is 2.51. The molecular formula is C11H12FN3. The van der Waals surface area contributed by atoms with E-state index in [9.17, 15) is 4.39 Å². The Morgan fingerprint density at radius 3 is 2.47 bits per heavy atom. The van der Waals surface area contributed by atoms with Gasteiger partial charge in [0, 0.05) is 17.6 Å². The van der Waals surface area contributed by atoms with Crippen LogP contribution in [0.1, 0.15) is 11.4 Å². The van der Waals surface area contributed by atoms with Crippen LogP contribution in [0.3, 0.4) is 0 Å². The van der Waals surface area contributed by atoms with E-state index in [1.807, 2.05) is 26.0 Å². The van der Waals surface area contributed by atoms with Crippen molar-refractivity contribution in [1.82, 2.24) is 9.66 Å². The zero-order chi connectivity index (χ0) is 10.8. The van der Waals surface area contributed by atoms with E-state index in [1.165, 1.54) is 6.07 Å². The highest BCUT2D eigenvalue weighted by molar-refractivity contribution is 5.37. The van der Waals surface area contributed by atoms with Gasteiger partial charge in [0.05, 0.1) is 0 Å². The lowest BCUT2D eigenvalue weighted by Gasteiger charge is -2.11. The Hall–Kier alpha value is -1.84. The number of anilines is 1. The van der Waals surface area contributed by atoms with Crippen molar-refractivity contribution in [2.75, 3.05) is 5.43 Å². The maximum Gasteiger partial charge on any atom is 0.181 e. The molecule has 15 heavy (non-hydrogen) atoms. The van der Waals surface area contributed by atoms with Crippen LogP contribution >= 0.6 is 0 Å². The fraction of sp³-hybridized carbons (Fsp3) is 0.182. The third-order valence-corrected chi connectivity index (χ3v) is 2.25. The molecule has 2 aromatic rings. The largest absolute Gasteiger partial charge is 0.275 e. The SMILES string of the molecule is Cc1ccc(C)n1Nc1ncccc1F. The van der Waals surface area contributed by atoms with Crippen molar-refractivity contribution < 1.29 is 4.39 Å². The summed E-state index contributed by atoms with van der Waals surface area (Å²) < 4.78 is 15.1. The van der Waals surface area contributed by atoms with Crippen molar-refractivity contribution in [2.24, 2.45) is 0 Å². The van der Waals surface area contributed by atoms with Crippen LogP contribution in [0.25, 0.3) is 0 Å². The fourth-order valence-electron chi connectivity index (χ4n) is 1.42. The molecule has 0 amide bonds. The first-order valence-corrected chi connectivity index (χ1v) is 4.71. The van der Waals surface area contributed by atoms with Gasteiger partial charge in [-0.1, -0.05) is 0 Å². The van der Waals surface area contributed by atoms with Crippen LogP contribution < -0.4 is 5.43 Å². The molecule has 2 aromatic heterocycles. The summed E-state index contributed by atoms with van der Waals surface area (Å²) in [4.78, 5) is 3.93. The summed E-state index contributed by atoms with van der Waals surface area (Å²) in [6.45, 7) is 3.89. The number of hydrogen-bond donors (Lipinski definition) is 1. The molecule has 0 saturated carbocycles. The van der Waals surface area contributed by atoms with Crippen molar-refractivity contribution in [3.8, 4) is 0 Å². The van der Waals surface area contributed by atoms with Gasteiger partial charge >= 0.3 is 0 Å². The Kier molecular flexibility index (Phi) is 2.41. The summed E-state index contributed by atoms with van der Waals surface area (Å²) in [7, 11) is 0. The van der Waals surface area contributed by atoms with Crippen LogP contribution in [-0.2, 0) is 0 Å². The van der Waals surface area contributed by atoms with Crippen molar-refractivity contribution in [1.29, 1.82) is 0 Å². The molecule has 0 bridgehead atoms. The van der Waals surface area contributed by atoms with Crippen LogP contribution in [0.5, 0.6) is 0 Å². The second-order valence-corrected chi connectivity index (χ2v) is 3.40. The molecule has 0 aliphatic rings. The van der Waals surface area contributed by atoms with Gasteiger partial charge in [0.25, 0.3) is 0 Å². The van der Waals surface area contributed by atoms with Gasteiger partial charge in [-0.2, -0.15) is 0 Å². The van der Waals surface area contributed by atoms with E-state index in [0.29, 0.717) is 0 Å². The Morgan fingerprint density at radius 1 is 1.20 bits per heavy atom. The molecule has 3 nitrogen and oxygen atoms in total. The number of halogens is 1. The molecule has 0 aromatic carbocycles. The maximum absolute atomic E-state index is 13.3. The minimum Gasteiger partial charge on any atom is -0.275 e. The Bertz CT molecular complexity index is 457. The van der Waals surface area contributed by atoms with E-state index in [-0.39, 0.29) is 11.6 Å². The lowest BCUT2D eigenvalue weighted by Crippen LogP contribution is -2.14. The lowest BCUT2D eigenvalue weighted by atomic mass is 10.4. The summed E-state index contributed by atoms with van der Waals surface area (Å²) in [5.74, 6) is -0.120. The van der Waals surface area contributed by atoms with Crippen molar-refractivity contribution in [3.05, 3.63) is 47.7 Å². The van der Waals surface area contributed by atoms with Gasteiger partial charge in [0.15, 0.2) is 11.6 Å². The average molecular weight is 205 g/mol. The Labute approximate surface area is 87.5 Å². The highest BCUT2D eigenvalue weighted by Gasteiger charge is 2.05. The standard InChI is InChI=1S/C11H12FN3/c1-8-5-6-9(2)15(8)14-11-10(12)4-3-7-13-11/h3-7H,1-2H3,(H,13,14). The van der Waals surface area contributed by atoms with E-state index in [1.54, 1.807) is 16.9 Å². The zero-order valence-corrected chi connectivity index (χ0v) is 8.66. The molecule has 1 N–H and O–H groups in total. The Balaban J connectivity index is 2.34. The molecular weight excluding hydrogens is 193 g/mol. The molecule has 2 rings (SSSR count). The molecule has 0 aliphatic carbocycles. The molecule has 0 spiro atoms. The van der Waals surface area contributed by atoms with Gasteiger partial charge in [-0.3, -0.25) is 10.1 Å². The van der Waals surface area contributed by atoms with Gasteiger partial charge in [0.1, 0.15) is 0 Å². The number of nitrogens with one attached hydrogen (secondary N) is 1. The quantitative estimate of drug-likeness (QED) is 0.816. The summed E-state index contributed by atoms with van der Waals surface area (Å²) in [5.41, 5.74) is 4.94. The van der Waals surface area contributed by atoms with Crippen LogP contribution in [0.15, 0.2) is 30.5 Å². The average Bonchev–Trinajstić information content (AvgIpc) is 2.53. The molecule has 78 valence electrons. The van der Waals surface area contributed by atoms with Gasteiger partial charge in [-0.15, -0.1) is 0 Å². The molecule has 0 fully saturated rings. The summed E-state index contributed by atoms with van der Waals surface area (Å²) in [5, 5.41) is 0. The van der Waals surface area contributed by atoms with Crippen LogP contribution in [-0.4, -0.2) is 9.66 Å². The molecule has 4 heteroatoms. The Morgan fingerprint density at radius 2 is 1.87 bits per heavy atom. The number of hydrogen-bond acceptors (Lipinski definition) is 2. The second kappa shape index (κ2) is 3.73. The second-order valence-electron chi connectivity index (χ2n) is 3.40. The topological polar surface area (TPSA) is 29.9 Å². The first-order valence-electron chi connectivity index (χ1n) is 4.71. The van der Waals surface area contributed by atoms with Gasteiger partial charge in [-0.05, 0) is 38.1 Å². The number of rotatable bonds is 2. The highest BCUT2D eigenvalue weighted by atomic mass is 19.1. The fourth-order valence-corrected chi connectivity index (χ4v) is 1.42. The number of aromatic nitrogens is 2. The molecule has 0 radical (unpaired) electrons. The molecule has 0 aliphatic heterocycles. The number of nitrogens with zero attached hydrogens (tertiary/aromatic N) is 2. The van der Waals surface area contributed by atoms with Crippen LogP contribution in [0.2, 0.25) is 0 Å². The van der Waals surface area contributed by atoms with Crippen LogP contribution in [0, 0.1) is 19.7 Å². The zero-order valence-electron chi connectivity index (χ0n) is 8.66. The third kappa shape index (κ3) is 1.83. The summed E-state index contributed by atoms with van der Waals surface area (Å²) >= 11 is 0.